The predicted octanol–water partition coefficient (Wildman–Crippen LogP) is 2.47. The van der Waals surface area contributed by atoms with E-state index in [2.05, 4.69) is 6.92 Å². The molecule has 12 heavy (non-hydrogen) atoms. The standard InChI is InChI=1S/C10H11NO/c1-7-4-10(12-6-11)5-8(2)9(7)3/h4-5H,1-3H3. The minimum absolute atomic E-state index is 0.623. The van der Waals surface area contributed by atoms with Crippen molar-refractivity contribution >= 4 is 0 Å². The van der Waals surface area contributed by atoms with Crippen molar-refractivity contribution in [2.24, 2.45) is 0 Å². The van der Waals surface area contributed by atoms with Crippen LogP contribution in [-0.2, 0) is 0 Å². The largest absolute Gasteiger partial charge is 0.388 e. The summed E-state index contributed by atoms with van der Waals surface area (Å²) in [5.74, 6) is 0.623. The van der Waals surface area contributed by atoms with Gasteiger partial charge in [0.15, 0.2) is 0 Å². The van der Waals surface area contributed by atoms with Crippen LogP contribution in [0.1, 0.15) is 16.7 Å². The molecule has 0 saturated carbocycles. The summed E-state index contributed by atoms with van der Waals surface area (Å²) in [7, 11) is 0. The summed E-state index contributed by atoms with van der Waals surface area (Å²) < 4.78 is 4.73. The van der Waals surface area contributed by atoms with E-state index in [0.29, 0.717) is 5.75 Å². The highest BCUT2D eigenvalue weighted by atomic mass is 16.5. The summed E-state index contributed by atoms with van der Waals surface area (Å²) in [6.45, 7) is 6.07. The molecular weight excluding hydrogens is 150 g/mol. The average Bonchev–Trinajstić information content (AvgIpc) is 2.01. The van der Waals surface area contributed by atoms with Gasteiger partial charge < -0.3 is 4.74 Å². The third-order valence-corrected chi connectivity index (χ3v) is 2.06. The Morgan fingerprint density at radius 3 is 2.08 bits per heavy atom. The van der Waals surface area contributed by atoms with E-state index >= 15 is 0 Å². The molecule has 62 valence electrons. The Balaban J connectivity index is 3.14. The molecule has 0 aromatic heterocycles. The molecule has 0 spiro atoms. The van der Waals surface area contributed by atoms with Crippen molar-refractivity contribution in [1.82, 2.24) is 0 Å². The van der Waals surface area contributed by atoms with Crippen LogP contribution in [0.15, 0.2) is 12.1 Å². The van der Waals surface area contributed by atoms with E-state index in [1.807, 2.05) is 26.0 Å². The monoisotopic (exact) mass is 161 g/mol. The van der Waals surface area contributed by atoms with Crippen LogP contribution in [0.2, 0.25) is 0 Å². The summed E-state index contributed by atoms with van der Waals surface area (Å²) in [4.78, 5) is 0. The van der Waals surface area contributed by atoms with Gasteiger partial charge in [-0.1, -0.05) is 0 Å². The maximum Gasteiger partial charge on any atom is 0.292 e. The summed E-state index contributed by atoms with van der Waals surface area (Å²) in [5.41, 5.74) is 3.56. The third-order valence-electron chi connectivity index (χ3n) is 2.06. The van der Waals surface area contributed by atoms with Crippen molar-refractivity contribution in [1.29, 1.82) is 5.26 Å². The fraction of sp³-hybridized carbons (Fsp3) is 0.300. The van der Waals surface area contributed by atoms with E-state index in [1.54, 1.807) is 6.26 Å². The molecule has 0 amide bonds. The molecule has 0 radical (unpaired) electrons. The molecule has 0 heterocycles. The molecular formula is C10H11NO. The number of aryl methyl sites for hydroxylation is 2. The van der Waals surface area contributed by atoms with Gasteiger partial charge in [-0.15, -0.1) is 5.26 Å². The first-order valence-corrected chi connectivity index (χ1v) is 3.79. The Hall–Kier alpha value is -1.49. The lowest BCUT2D eigenvalue weighted by atomic mass is 10.0. The summed E-state index contributed by atoms with van der Waals surface area (Å²) >= 11 is 0. The first kappa shape index (κ1) is 8.61. The molecule has 0 bridgehead atoms. The van der Waals surface area contributed by atoms with Gasteiger partial charge in [0.25, 0.3) is 6.26 Å². The van der Waals surface area contributed by atoms with E-state index in [4.69, 9.17) is 10.00 Å². The van der Waals surface area contributed by atoms with Crippen LogP contribution < -0.4 is 4.74 Å². The number of rotatable bonds is 1. The highest BCUT2D eigenvalue weighted by Crippen LogP contribution is 2.20. The van der Waals surface area contributed by atoms with Gasteiger partial charge in [-0.2, -0.15) is 0 Å². The maximum atomic E-state index is 8.30. The van der Waals surface area contributed by atoms with Gasteiger partial charge in [-0.05, 0) is 49.6 Å². The molecule has 0 atom stereocenters. The van der Waals surface area contributed by atoms with Crippen molar-refractivity contribution in [2.45, 2.75) is 20.8 Å². The van der Waals surface area contributed by atoms with Crippen LogP contribution in [0.4, 0.5) is 0 Å². The average molecular weight is 161 g/mol. The van der Waals surface area contributed by atoms with Crippen LogP contribution in [0, 0.1) is 32.3 Å². The van der Waals surface area contributed by atoms with Crippen LogP contribution in [0.3, 0.4) is 0 Å². The smallest absolute Gasteiger partial charge is 0.292 e. The van der Waals surface area contributed by atoms with Crippen LogP contribution in [0.5, 0.6) is 5.75 Å². The quantitative estimate of drug-likeness (QED) is 0.593. The Kier molecular flexibility index (Phi) is 2.35. The van der Waals surface area contributed by atoms with E-state index in [1.165, 1.54) is 5.56 Å². The SMILES string of the molecule is Cc1cc(OC#N)cc(C)c1C. The van der Waals surface area contributed by atoms with E-state index < -0.39 is 0 Å². The maximum absolute atomic E-state index is 8.30. The Morgan fingerprint density at radius 1 is 1.17 bits per heavy atom. The van der Waals surface area contributed by atoms with Gasteiger partial charge in [0.2, 0.25) is 0 Å². The fourth-order valence-electron chi connectivity index (χ4n) is 1.11. The van der Waals surface area contributed by atoms with Crippen LogP contribution in [0.25, 0.3) is 0 Å². The molecule has 0 aliphatic carbocycles. The fourth-order valence-corrected chi connectivity index (χ4v) is 1.11. The molecule has 2 nitrogen and oxygen atoms in total. The van der Waals surface area contributed by atoms with Gasteiger partial charge in [0.05, 0.1) is 0 Å². The zero-order valence-corrected chi connectivity index (χ0v) is 7.51. The predicted molar refractivity (Wildman–Crippen MR) is 46.9 cm³/mol. The zero-order valence-electron chi connectivity index (χ0n) is 7.51. The normalized spacial score (nSPS) is 9.17. The number of hydrogen-bond donors (Lipinski definition) is 0. The minimum atomic E-state index is 0.623. The van der Waals surface area contributed by atoms with Crippen molar-refractivity contribution in [3.63, 3.8) is 0 Å². The minimum Gasteiger partial charge on any atom is -0.388 e. The van der Waals surface area contributed by atoms with Crippen molar-refractivity contribution in [3.8, 4) is 12.0 Å². The lowest BCUT2D eigenvalue weighted by Crippen LogP contribution is -1.89. The van der Waals surface area contributed by atoms with E-state index in [0.717, 1.165) is 11.1 Å². The first-order valence-electron chi connectivity index (χ1n) is 3.79. The Bertz CT molecular complexity index is 313. The number of nitrogens with zero attached hydrogens (tertiary/aromatic N) is 1. The number of nitriles is 1. The lowest BCUT2D eigenvalue weighted by Gasteiger charge is -2.05. The Labute approximate surface area is 72.4 Å². The first-order chi connectivity index (χ1) is 5.65. The van der Waals surface area contributed by atoms with Crippen LogP contribution >= 0.6 is 0 Å². The number of benzene rings is 1. The topological polar surface area (TPSA) is 33.0 Å². The van der Waals surface area contributed by atoms with Crippen molar-refractivity contribution < 1.29 is 4.74 Å². The molecule has 0 aliphatic rings. The van der Waals surface area contributed by atoms with E-state index in [9.17, 15) is 0 Å². The third kappa shape index (κ3) is 1.57. The second-order valence-corrected chi connectivity index (χ2v) is 2.88. The van der Waals surface area contributed by atoms with Gasteiger partial charge >= 0.3 is 0 Å². The molecule has 0 saturated heterocycles. The van der Waals surface area contributed by atoms with Crippen molar-refractivity contribution in [2.75, 3.05) is 0 Å². The second kappa shape index (κ2) is 3.27. The molecule has 1 aromatic rings. The molecule has 1 rings (SSSR count). The molecule has 0 unspecified atom stereocenters. The van der Waals surface area contributed by atoms with Crippen LogP contribution in [-0.4, -0.2) is 0 Å². The molecule has 0 N–H and O–H groups in total. The lowest BCUT2D eigenvalue weighted by molar-refractivity contribution is 0.506. The van der Waals surface area contributed by atoms with Gasteiger partial charge in [-0.25, -0.2) is 0 Å². The Morgan fingerprint density at radius 2 is 1.67 bits per heavy atom. The molecule has 0 aliphatic heterocycles. The summed E-state index contributed by atoms with van der Waals surface area (Å²) in [6.07, 6.45) is 1.66. The highest BCUT2D eigenvalue weighted by molar-refractivity contribution is 5.40. The summed E-state index contributed by atoms with van der Waals surface area (Å²) in [5, 5.41) is 8.30. The van der Waals surface area contributed by atoms with Gasteiger partial charge in [0.1, 0.15) is 5.75 Å². The molecule has 1 aromatic carbocycles. The molecule has 0 fully saturated rings. The number of ether oxygens (including phenoxy) is 1. The highest BCUT2D eigenvalue weighted by Gasteiger charge is 2.00. The second-order valence-electron chi connectivity index (χ2n) is 2.88. The van der Waals surface area contributed by atoms with E-state index in [-0.39, 0.29) is 0 Å². The van der Waals surface area contributed by atoms with Crippen molar-refractivity contribution in [3.05, 3.63) is 28.8 Å². The zero-order chi connectivity index (χ0) is 9.14. The number of hydrogen-bond acceptors (Lipinski definition) is 2. The van der Waals surface area contributed by atoms with Gasteiger partial charge in [0, 0.05) is 0 Å². The summed E-state index contributed by atoms with van der Waals surface area (Å²) in [6, 6.07) is 3.73. The molecule has 2 heteroatoms. The van der Waals surface area contributed by atoms with Gasteiger partial charge in [-0.3, -0.25) is 0 Å².